The number of carbonyl (C=O) groups is 1. The molecule has 2 fully saturated rings. The number of furan rings is 1. The lowest BCUT2D eigenvalue weighted by Crippen LogP contribution is -2.39. The zero-order valence-electron chi connectivity index (χ0n) is 17.7. The Kier molecular flexibility index (Phi) is 6.43. The average Bonchev–Trinajstić information content (AvgIpc) is 3.41. The third-order valence-corrected chi connectivity index (χ3v) is 5.58. The second-order valence-corrected chi connectivity index (χ2v) is 8.21. The van der Waals surface area contributed by atoms with Crippen molar-refractivity contribution in [1.82, 2.24) is 10.2 Å². The van der Waals surface area contributed by atoms with E-state index < -0.39 is 0 Å². The van der Waals surface area contributed by atoms with Gasteiger partial charge in [0.15, 0.2) is 0 Å². The molecule has 2 aliphatic rings. The van der Waals surface area contributed by atoms with Gasteiger partial charge in [-0.3, -0.25) is 9.69 Å². The highest BCUT2D eigenvalue weighted by molar-refractivity contribution is 5.97. The average molecular weight is 411 g/mol. The minimum atomic E-state index is -0.0636. The predicted octanol–water partition coefficient (Wildman–Crippen LogP) is 4.13. The summed E-state index contributed by atoms with van der Waals surface area (Å²) in [6, 6.07) is 9.61. The van der Waals surface area contributed by atoms with Crippen LogP contribution in [0, 0.1) is 0 Å². The van der Waals surface area contributed by atoms with Crippen LogP contribution in [0.3, 0.4) is 0 Å². The topological polar surface area (TPSA) is 63.9 Å². The van der Waals surface area contributed by atoms with Gasteiger partial charge in [-0.15, -0.1) is 0 Å². The summed E-state index contributed by atoms with van der Waals surface area (Å²) in [4.78, 5) is 15.0. The number of nitrogens with zero attached hydrogens (tertiary/aromatic N) is 1. The van der Waals surface area contributed by atoms with Crippen molar-refractivity contribution in [3.8, 4) is 11.5 Å². The van der Waals surface area contributed by atoms with Crippen LogP contribution in [0.25, 0.3) is 6.08 Å². The van der Waals surface area contributed by atoms with Crippen molar-refractivity contribution in [3.05, 3.63) is 53.5 Å². The van der Waals surface area contributed by atoms with Crippen LogP contribution in [0.4, 0.5) is 0 Å². The monoisotopic (exact) mass is 410 g/mol. The summed E-state index contributed by atoms with van der Waals surface area (Å²) in [5.74, 6) is 2.14. The Balaban J connectivity index is 1.34. The highest BCUT2D eigenvalue weighted by Gasteiger charge is 2.27. The summed E-state index contributed by atoms with van der Waals surface area (Å²) in [6.07, 6.45) is 7.84. The van der Waals surface area contributed by atoms with Crippen LogP contribution < -0.4 is 14.8 Å². The van der Waals surface area contributed by atoms with E-state index >= 15 is 0 Å². The van der Waals surface area contributed by atoms with Gasteiger partial charge in [0.25, 0.3) is 5.91 Å². The van der Waals surface area contributed by atoms with Gasteiger partial charge in [0.05, 0.1) is 18.9 Å². The van der Waals surface area contributed by atoms with Gasteiger partial charge in [0.2, 0.25) is 0 Å². The molecule has 1 aliphatic carbocycles. The molecule has 2 heterocycles. The minimum Gasteiger partial charge on any atom is -0.497 e. The number of piperidine rings is 1. The fraction of sp³-hybridized carbons (Fsp3) is 0.458. The van der Waals surface area contributed by atoms with Crippen molar-refractivity contribution < 1.29 is 18.7 Å². The van der Waals surface area contributed by atoms with E-state index in [4.69, 9.17) is 13.9 Å². The minimum absolute atomic E-state index is 0.0636. The Hall–Kier alpha value is -2.73. The molecule has 160 valence electrons. The van der Waals surface area contributed by atoms with Gasteiger partial charge in [-0.05, 0) is 62.9 Å². The van der Waals surface area contributed by atoms with Crippen LogP contribution in [0.15, 0.2) is 46.6 Å². The van der Waals surface area contributed by atoms with Gasteiger partial charge < -0.3 is 19.2 Å². The number of nitrogens with one attached hydrogen (secondary N) is 1. The summed E-state index contributed by atoms with van der Waals surface area (Å²) in [7, 11) is 1.63. The number of amides is 1. The van der Waals surface area contributed by atoms with Crippen LogP contribution in [0.5, 0.6) is 11.5 Å². The summed E-state index contributed by atoms with van der Waals surface area (Å²) in [5.41, 5.74) is 1.86. The number of likely N-dealkylation sites (tertiary alicyclic amines) is 1. The van der Waals surface area contributed by atoms with Gasteiger partial charge in [0, 0.05) is 31.7 Å². The molecule has 30 heavy (non-hydrogen) atoms. The van der Waals surface area contributed by atoms with Crippen LogP contribution in [0.1, 0.15) is 48.7 Å². The maximum Gasteiger partial charge on any atom is 0.255 e. The molecule has 1 saturated carbocycles. The van der Waals surface area contributed by atoms with Crippen molar-refractivity contribution in [2.75, 3.05) is 26.7 Å². The normalized spacial score (nSPS) is 18.3. The first-order valence-corrected chi connectivity index (χ1v) is 10.7. The number of rotatable bonds is 8. The zero-order valence-corrected chi connectivity index (χ0v) is 17.7. The number of methoxy groups -OCH3 is 1. The molecule has 6 heteroatoms. The summed E-state index contributed by atoms with van der Waals surface area (Å²) in [6.45, 7) is 4.97. The van der Waals surface area contributed by atoms with Gasteiger partial charge in [-0.25, -0.2) is 0 Å². The number of hydrogen-bond acceptors (Lipinski definition) is 5. The maximum absolute atomic E-state index is 12.6. The zero-order chi connectivity index (χ0) is 20.9. The van der Waals surface area contributed by atoms with E-state index in [9.17, 15) is 4.79 Å². The first-order chi connectivity index (χ1) is 14.6. The molecule has 0 atom stereocenters. The third-order valence-electron chi connectivity index (χ3n) is 5.58. The van der Waals surface area contributed by atoms with Crippen LogP contribution >= 0.6 is 0 Å². The number of benzene rings is 1. The lowest BCUT2D eigenvalue weighted by Gasteiger charge is -2.32. The smallest absolute Gasteiger partial charge is 0.255 e. The molecule has 2 aromatic rings. The van der Waals surface area contributed by atoms with Crippen LogP contribution in [0.2, 0.25) is 0 Å². The van der Waals surface area contributed by atoms with E-state index in [1.54, 1.807) is 19.4 Å². The molecule has 0 radical (unpaired) electrons. The first-order valence-electron chi connectivity index (χ1n) is 10.7. The van der Waals surface area contributed by atoms with E-state index in [0.29, 0.717) is 23.1 Å². The fourth-order valence-electron chi connectivity index (χ4n) is 3.78. The van der Waals surface area contributed by atoms with Crippen molar-refractivity contribution in [3.63, 3.8) is 0 Å². The van der Waals surface area contributed by atoms with Gasteiger partial charge in [-0.2, -0.15) is 0 Å². The molecule has 0 bridgehead atoms. The van der Waals surface area contributed by atoms with Gasteiger partial charge in [-0.1, -0.05) is 5.57 Å². The van der Waals surface area contributed by atoms with E-state index in [1.807, 2.05) is 24.3 Å². The predicted molar refractivity (Wildman–Crippen MR) is 116 cm³/mol. The first kappa shape index (κ1) is 20.5. The molecule has 1 aliphatic heterocycles. The molecule has 1 aromatic heterocycles. The van der Waals surface area contributed by atoms with E-state index in [-0.39, 0.29) is 12.0 Å². The summed E-state index contributed by atoms with van der Waals surface area (Å²) < 4.78 is 17.0. The standard InChI is InChI=1S/C24H30N2O4/c1-17(14-21-4-3-13-29-21)16-26-11-9-19(10-12-26)30-23-15-20(28-2)7-8-22(23)24(27)25-18-5-6-18/h3-4,7-8,13-15,18-19H,5-6,9-12,16H2,1-2H3,(H,25,27)/b17-14+. The molecule has 1 amide bonds. The maximum atomic E-state index is 12.6. The van der Waals surface area contributed by atoms with Crippen molar-refractivity contribution >= 4 is 12.0 Å². The number of ether oxygens (including phenoxy) is 2. The van der Waals surface area contributed by atoms with E-state index in [0.717, 1.165) is 51.1 Å². The quantitative estimate of drug-likeness (QED) is 0.709. The summed E-state index contributed by atoms with van der Waals surface area (Å²) >= 11 is 0. The lowest BCUT2D eigenvalue weighted by molar-refractivity contribution is 0.0914. The van der Waals surface area contributed by atoms with E-state index in [2.05, 4.69) is 23.2 Å². The van der Waals surface area contributed by atoms with Crippen molar-refractivity contribution in [2.24, 2.45) is 0 Å². The molecular formula is C24H30N2O4. The molecular weight excluding hydrogens is 380 g/mol. The van der Waals surface area contributed by atoms with Crippen molar-refractivity contribution in [2.45, 2.75) is 44.8 Å². The Morgan fingerprint density at radius 1 is 1.23 bits per heavy atom. The number of hydrogen-bond donors (Lipinski definition) is 1. The highest BCUT2D eigenvalue weighted by atomic mass is 16.5. The van der Waals surface area contributed by atoms with Crippen molar-refractivity contribution in [1.29, 1.82) is 0 Å². The Morgan fingerprint density at radius 2 is 2.03 bits per heavy atom. The molecule has 1 saturated heterocycles. The number of carbonyl (C=O) groups excluding carboxylic acids is 1. The summed E-state index contributed by atoms with van der Waals surface area (Å²) in [5, 5.41) is 3.05. The Labute approximate surface area is 177 Å². The highest BCUT2D eigenvalue weighted by Crippen LogP contribution is 2.29. The second-order valence-electron chi connectivity index (χ2n) is 8.21. The molecule has 0 unspecified atom stereocenters. The van der Waals surface area contributed by atoms with Crippen LogP contribution in [-0.4, -0.2) is 49.7 Å². The molecule has 6 nitrogen and oxygen atoms in total. The fourth-order valence-corrected chi connectivity index (χ4v) is 3.78. The van der Waals surface area contributed by atoms with Gasteiger partial charge >= 0.3 is 0 Å². The molecule has 1 aromatic carbocycles. The second kappa shape index (κ2) is 9.39. The third kappa shape index (κ3) is 5.45. The van der Waals surface area contributed by atoms with Crippen LogP contribution in [-0.2, 0) is 0 Å². The van der Waals surface area contributed by atoms with Gasteiger partial charge in [0.1, 0.15) is 23.4 Å². The Bertz CT molecular complexity index is 879. The van der Waals surface area contributed by atoms with E-state index in [1.165, 1.54) is 5.57 Å². The molecule has 1 N–H and O–H groups in total. The SMILES string of the molecule is COc1ccc(C(=O)NC2CC2)c(OC2CCN(C/C(C)=C/c3ccco3)CC2)c1. The lowest BCUT2D eigenvalue weighted by atomic mass is 10.1. The largest absolute Gasteiger partial charge is 0.497 e. The molecule has 0 spiro atoms. The molecule has 4 rings (SSSR count). The Morgan fingerprint density at radius 3 is 2.70 bits per heavy atom.